The summed E-state index contributed by atoms with van der Waals surface area (Å²) in [7, 11) is 0. The van der Waals surface area contributed by atoms with Gasteiger partial charge in [0.2, 0.25) is 11.8 Å². The van der Waals surface area contributed by atoms with E-state index in [2.05, 4.69) is 0 Å². The van der Waals surface area contributed by atoms with E-state index in [0.717, 1.165) is 17.0 Å². The molecule has 2 saturated heterocycles. The van der Waals surface area contributed by atoms with Crippen molar-refractivity contribution in [3.63, 3.8) is 0 Å². The Hall–Kier alpha value is -3.23. The van der Waals surface area contributed by atoms with E-state index in [4.69, 9.17) is 23.2 Å². The second kappa shape index (κ2) is 8.89. The van der Waals surface area contributed by atoms with Gasteiger partial charge >= 0.3 is 0 Å². The first kappa shape index (κ1) is 26.0. The average molecular weight is 571 g/mol. The summed E-state index contributed by atoms with van der Waals surface area (Å²) in [6, 6.07) is 11.1. The fourth-order valence-corrected chi connectivity index (χ4v) is 7.92. The van der Waals surface area contributed by atoms with Crippen LogP contribution in [-0.4, -0.2) is 49.9 Å². The lowest BCUT2D eigenvalue weighted by Crippen LogP contribution is -2.60. The van der Waals surface area contributed by atoms with Crippen molar-refractivity contribution in [3.8, 4) is 5.75 Å². The second-order valence-corrected chi connectivity index (χ2v) is 11.9. The third kappa shape index (κ3) is 3.40. The maximum absolute atomic E-state index is 14.2. The number of imide groups is 2. The molecule has 4 amide bonds. The Balaban J connectivity index is 1.55. The molecule has 6 atom stereocenters. The van der Waals surface area contributed by atoms with E-state index in [0.29, 0.717) is 24.1 Å². The zero-order chi connectivity index (χ0) is 27.9. The minimum absolute atomic E-state index is 0.0715. The summed E-state index contributed by atoms with van der Waals surface area (Å²) in [5.74, 6) is -5.67. The standard InChI is InChI=1S/C29H25Cl2FN2O5/c1-2-12-33-24(36)20-11-10-19-21(22(20)25(33)37)14-28(30)26(38)34(17-8-6-16(32)7-9-17)27(39)29(28,31)23(19)15-4-3-5-18(35)13-15/h3-10,13,20-23,35H,2,11-12,14H2,1H3/t20-,21+,22-,23-,28+,29-/m0/s1. The van der Waals surface area contributed by atoms with Crippen LogP contribution in [0.15, 0.2) is 60.2 Å². The average Bonchev–Trinajstić information content (AvgIpc) is 3.23. The highest BCUT2D eigenvalue weighted by Crippen LogP contribution is 2.65. The second-order valence-electron chi connectivity index (χ2n) is 10.7. The number of nitrogens with zero attached hydrogens (tertiary/aromatic N) is 2. The number of rotatable bonds is 4. The highest BCUT2D eigenvalue weighted by atomic mass is 35.5. The highest BCUT2D eigenvalue weighted by molar-refractivity contribution is 6.58. The number of phenolic OH excluding ortho intramolecular Hbond substituents is 1. The molecule has 0 unspecified atom stereocenters. The Morgan fingerprint density at radius 2 is 1.72 bits per heavy atom. The first-order valence-electron chi connectivity index (χ1n) is 12.9. The largest absolute Gasteiger partial charge is 0.508 e. The third-order valence-electron chi connectivity index (χ3n) is 8.64. The van der Waals surface area contributed by atoms with E-state index in [1.54, 1.807) is 12.1 Å². The number of hydrogen-bond donors (Lipinski definition) is 1. The fourth-order valence-electron chi connectivity index (χ4n) is 6.99. The van der Waals surface area contributed by atoms with E-state index >= 15 is 0 Å². The molecule has 2 heterocycles. The van der Waals surface area contributed by atoms with Crippen LogP contribution in [0.25, 0.3) is 0 Å². The van der Waals surface area contributed by atoms with Gasteiger partial charge in [-0.1, -0.05) is 30.7 Å². The van der Waals surface area contributed by atoms with Gasteiger partial charge in [-0.2, -0.15) is 0 Å². The number of anilines is 1. The summed E-state index contributed by atoms with van der Waals surface area (Å²) in [5.41, 5.74) is 1.22. The minimum Gasteiger partial charge on any atom is -0.508 e. The Morgan fingerprint density at radius 3 is 2.38 bits per heavy atom. The molecule has 39 heavy (non-hydrogen) atoms. The molecular formula is C29H25Cl2FN2O5. The van der Waals surface area contributed by atoms with E-state index in [9.17, 15) is 28.7 Å². The number of benzene rings is 2. The quantitative estimate of drug-likeness (QED) is 0.331. The van der Waals surface area contributed by atoms with Gasteiger partial charge in [-0.15, -0.1) is 23.2 Å². The van der Waals surface area contributed by atoms with Crippen LogP contribution in [0.4, 0.5) is 10.1 Å². The van der Waals surface area contributed by atoms with Crippen molar-refractivity contribution in [2.24, 2.45) is 17.8 Å². The molecule has 0 spiro atoms. The Kier molecular flexibility index (Phi) is 5.93. The van der Waals surface area contributed by atoms with Gasteiger partial charge in [-0.25, -0.2) is 9.29 Å². The smallest absolute Gasteiger partial charge is 0.258 e. The number of fused-ring (bicyclic) bond motifs is 4. The molecule has 2 aliphatic heterocycles. The van der Waals surface area contributed by atoms with Crippen LogP contribution in [0.5, 0.6) is 5.75 Å². The molecule has 2 aromatic carbocycles. The van der Waals surface area contributed by atoms with Crippen LogP contribution in [0, 0.1) is 23.6 Å². The van der Waals surface area contributed by atoms with E-state index in [1.165, 1.54) is 29.2 Å². The molecule has 1 N–H and O–H groups in total. The first-order chi connectivity index (χ1) is 18.5. The molecule has 1 saturated carbocycles. The summed E-state index contributed by atoms with van der Waals surface area (Å²) in [5, 5.41) is 10.3. The Bertz CT molecular complexity index is 1460. The molecule has 0 aromatic heterocycles. The van der Waals surface area contributed by atoms with Crippen molar-refractivity contribution in [1.29, 1.82) is 0 Å². The fraction of sp³-hybridized carbons (Fsp3) is 0.379. The van der Waals surface area contributed by atoms with Gasteiger partial charge in [0.05, 0.1) is 17.5 Å². The highest BCUT2D eigenvalue weighted by Gasteiger charge is 2.76. The summed E-state index contributed by atoms with van der Waals surface area (Å²) >= 11 is 14.5. The SMILES string of the molecule is CCCN1C(=O)[C@H]2[C@H](CC=C3[C@H]2C[C@@]2(Cl)C(=O)N(c4ccc(F)cc4)C(=O)[C@@]2(Cl)[C@H]3c2cccc(O)c2)C1=O. The number of aromatic hydroxyl groups is 1. The molecule has 202 valence electrons. The van der Waals surface area contributed by atoms with Crippen molar-refractivity contribution >= 4 is 52.5 Å². The summed E-state index contributed by atoms with van der Waals surface area (Å²) < 4.78 is 13.7. The van der Waals surface area contributed by atoms with Crippen LogP contribution in [0.1, 0.15) is 37.7 Å². The monoisotopic (exact) mass is 570 g/mol. The number of allylic oxidation sites excluding steroid dienone is 2. The van der Waals surface area contributed by atoms with Crippen molar-refractivity contribution in [3.05, 3.63) is 71.6 Å². The van der Waals surface area contributed by atoms with Gasteiger partial charge in [-0.3, -0.25) is 24.1 Å². The maximum Gasteiger partial charge on any atom is 0.258 e. The van der Waals surface area contributed by atoms with Gasteiger partial charge in [0.15, 0.2) is 9.75 Å². The number of carbonyl (C=O) groups excluding carboxylic acids is 4. The lowest BCUT2D eigenvalue weighted by Gasteiger charge is -2.50. The van der Waals surface area contributed by atoms with Gasteiger partial charge in [0.25, 0.3) is 11.8 Å². The normalized spacial score (nSPS) is 33.7. The van der Waals surface area contributed by atoms with Crippen molar-refractivity contribution in [2.45, 2.75) is 41.9 Å². The molecule has 2 aliphatic carbocycles. The number of likely N-dealkylation sites (tertiary alicyclic amines) is 1. The number of phenols is 1. The molecule has 0 radical (unpaired) electrons. The number of alkyl halides is 2. The first-order valence-corrected chi connectivity index (χ1v) is 13.7. The van der Waals surface area contributed by atoms with Crippen molar-refractivity contribution in [2.75, 3.05) is 11.4 Å². The van der Waals surface area contributed by atoms with Crippen LogP contribution in [-0.2, 0) is 19.2 Å². The predicted octanol–water partition coefficient (Wildman–Crippen LogP) is 4.50. The van der Waals surface area contributed by atoms with E-state index in [1.807, 2.05) is 13.0 Å². The Labute approximate surface area is 234 Å². The van der Waals surface area contributed by atoms with Crippen LogP contribution < -0.4 is 4.90 Å². The summed E-state index contributed by atoms with van der Waals surface area (Å²) in [6.07, 6.45) is 2.60. The summed E-state index contributed by atoms with van der Waals surface area (Å²) in [6.45, 7) is 2.18. The number of carbonyl (C=O) groups is 4. The topological polar surface area (TPSA) is 95.0 Å². The maximum atomic E-state index is 14.2. The van der Waals surface area contributed by atoms with Crippen molar-refractivity contribution in [1.82, 2.24) is 4.90 Å². The molecule has 7 nitrogen and oxygen atoms in total. The van der Waals surface area contributed by atoms with E-state index < -0.39 is 51.1 Å². The number of hydrogen-bond acceptors (Lipinski definition) is 5. The zero-order valence-corrected chi connectivity index (χ0v) is 22.5. The molecule has 2 aromatic rings. The minimum atomic E-state index is -2.02. The molecule has 3 fully saturated rings. The molecule has 6 rings (SSSR count). The molecular weight excluding hydrogens is 546 g/mol. The van der Waals surface area contributed by atoms with Crippen LogP contribution in [0.3, 0.4) is 0 Å². The van der Waals surface area contributed by atoms with Gasteiger partial charge in [0, 0.05) is 12.5 Å². The molecule has 10 heteroatoms. The molecule has 4 aliphatic rings. The number of amides is 4. The van der Waals surface area contributed by atoms with Gasteiger partial charge < -0.3 is 5.11 Å². The van der Waals surface area contributed by atoms with Gasteiger partial charge in [0.1, 0.15) is 11.6 Å². The predicted molar refractivity (Wildman–Crippen MR) is 142 cm³/mol. The van der Waals surface area contributed by atoms with Crippen molar-refractivity contribution < 1.29 is 28.7 Å². The van der Waals surface area contributed by atoms with Crippen LogP contribution in [0.2, 0.25) is 0 Å². The Morgan fingerprint density at radius 1 is 1.00 bits per heavy atom. The lowest BCUT2D eigenvalue weighted by atomic mass is 9.56. The number of halogens is 3. The van der Waals surface area contributed by atoms with E-state index in [-0.39, 0.29) is 36.1 Å². The molecule has 0 bridgehead atoms. The third-order valence-corrected chi connectivity index (χ3v) is 10.1. The van der Waals surface area contributed by atoms with Crippen LogP contribution >= 0.6 is 23.2 Å². The zero-order valence-electron chi connectivity index (χ0n) is 20.9. The lowest BCUT2D eigenvalue weighted by molar-refractivity contribution is -0.140. The summed E-state index contributed by atoms with van der Waals surface area (Å²) in [4.78, 5) is 53.2. The van der Waals surface area contributed by atoms with Gasteiger partial charge in [-0.05, 0) is 67.1 Å².